The van der Waals surface area contributed by atoms with Crippen LogP contribution in [0.2, 0.25) is 0 Å². The number of benzene rings is 2. The molecular weight excluding hydrogens is 793 g/mol. The Kier molecular flexibility index (Phi) is 20.4. The van der Waals surface area contributed by atoms with Crippen molar-refractivity contribution < 1.29 is 19.5 Å². The number of aliphatic hydroxyl groups is 1. The number of ketones is 3. The van der Waals surface area contributed by atoms with Gasteiger partial charge in [0.25, 0.3) is 0 Å². The number of Topliss-reactive ketones (excluding diaryl/α,β-unsaturated/α-hetero) is 3. The van der Waals surface area contributed by atoms with Gasteiger partial charge in [0.1, 0.15) is 11.5 Å². The van der Waals surface area contributed by atoms with Crippen molar-refractivity contribution in [1.29, 1.82) is 0 Å². The molecule has 0 amide bonds. The molecule has 64 heavy (non-hydrogen) atoms. The topological polar surface area (TPSA) is 104 Å². The molecule has 0 bridgehead atoms. The first-order valence-electron chi connectivity index (χ1n) is 25.5. The van der Waals surface area contributed by atoms with Gasteiger partial charge in [0.05, 0.1) is 23.4 Å². The molecule has 4 aliphatic carbocycles. The van der Waals surface area contributed by atoms with Crippen LogP contribution in [0.4, 0.5) is 5.82 Å². The Labute approximate surface area is 388 Å². The van der Waals surface area contributed by atoms with Crippen molar-refractivity contribution in [3.63, 3.8) is 0 Å². The third-order valence-electron chi connectivity index (χ3n) is 13.4. The number of nitrogens with zero attached hydrogens (tertiary/aromatic N) is 2. The summed E-state index contributed by atoms with van der Waals surface area (Å²) >= 11 is 0. The van der Waals surface area contributed by atoms with Crippen LogP contribution in [0.5, 0.6) is 0 Å². The fourth-order valence-electron chi connectivity index (χ4n) is 10.4. The predicted molar refractivity (Wildman–Crippen MR) is 267 cm³/mol. The highest BCUT2D eigenvalue weighted by molar-refractivity contribution is 6.16. The van der Waals surface area contributed by atoms with E-state index in [1.165, 1.54) is 80.0 Å². The second-order valence-corrected chi connectivity index (χ2v) is 19.1. The Balaban J connectivity index is 0.000000253. The van der Waals surface area contributed by atoms with E-state index in [0.29, 0.717) is 31.3 Å². The molecular formula is C56H86N4O4. The Morgan fingerprint density at radius 2 is 1.31 bits per heavy atom. The molecule has 8 heteroatoms. The molecule has 1 aromatic heterocycles. The molecule has 2 fully saturated rings. The third-order valence-corrected chi connectivity index (χ3v) is 13.4. The van der Waals surface area contributed by atoms with Crippen molar-refractivity contribution >= 4 is 23.2 Å². The van der Waals surface area contributed by atoms with Gasteiger partial charge in [-0.1, -0.05) is 167 Å². The smallest absolute Gasteiger partial charge is 0.190 e. The van der Waals surface area contributed by atoms with Crippen LogP contribution in [0.1, 0.15) is 203 Å². The molecule has 8 nitrogen and oxygen atoms in total. The number of carbonyl (C=O) groups excluding carboxylic acids is 3. The molecule has 5 aliphatic rings. The van der Waals surface area contributed by atoms with Crippen molar-refractivity contribution in [2.75, 3.05) is 5.32 Å². The summed E-state index contributed by atoms with van der Waals surface area (Å²) in [7, 11) is 0. The van der Waals surface area contributed by atoms with Crippen LogP contribution in [0, 0.1) is 31.6 Å². The van der Waals surface area contributed by atoms with Gasteiger partial charge >= 0.3 is 0 Å². The SMILES string of the molecule is CC.CC.CC.CCC1C(=O)c2c(cc(NC3CCCC3)n2Cc2ccc(C)cc2)C(CC(C)C)C1=O.Cc1ccc(CN2C3=C(CC(C)(O)CC3=O)NC2CC2CCCCC2)cc1. The van der Waals surface area contributed by atoms with E-state index in [9.17, 15) is 19.5 Å². The highest BCUT2D eigenvalue weighted by Crippen LogP contribution is 2.42. The summed E-state index contributed by atoms with van der Waals surface area (Å²) in [5.41, 5.74) is 7.44. The van der Waals surface area contributed by atoms with Crippen molar-refractivity contribution in [1.82, 2.24) is 14.8 Å². The first kappa shape index (κ1) is 52.5. The zero-order valence-corrected chi connectivity index (χ0v) is 42.0. The summed E-state index contributed by atoms with van der Waals surface area (Å²) in [6.45, 7) is 25.6. The van der Waals surface area contributed by atoms with Crippen LogP contribution in [-0.2, 0) is 22.7 Å². The average molecular weight is 879 g/mol. The van der Waals surface area contributed by atoms with E-state index in [2.05, 4.69) is 102 Å². The first-order chi connectivity index (χ1) is 30.8. The van der Waals surface area contributed by atoms with Crippen LogP contribution >= 0.6 is 0 Å². The van der Waals surface area contributed by atoms with E-state index in [4.69, 9.17) is 0 Å². The van der Waals surface area contributed by atoms with Crippen LogP contribution in [0.15, 0.2) is 66.0 Å². The summed E-state index contributed by atoms with van der Waals surface area (Å²) in [5, 5.41) is 17.9. The van der Waals surface area contributed by atoms with Gasteiger partial charge < -0.3 is 25.2 Å². The molecule has 2 heterocycles. The predicted octanol–water partition coefficient (Wildman–Crippen LogP) is 13.2. The minimum atomic E-state index is -0.932. The molecule has 2 aromatic carbocycles. The third kappa shape index (κ3) is 13.2. The monoisotopic (exact) mass is 879 g/mol. The molecule has 8 rings (SSSR count). The molecule has 0 radical (unpaired) electrons. The first-order valence-corrected chi connectivity index (χ1v) is 25.5. The number of hydrogen-bond donors (Lipinski definition) is 3. The Hall–Kier alpha value is -4.17. The number of allylic oxidation sites excluding steroid dienone is 1. The van der Waals surface area contributed by atoms with Gasteiger partial charge in [-0.15, -0.1) is 0 Å². The molecule has 3 aromatic rings. The highest BCUT2D eigenvalue weighted by Gasteiger charge is 2.45. The van der Waals surface area contributed by atoms with Crippen LogP contribution in [-0.4, -0.2) is 49.7 Å². The lowest BCUT2D eigenvalue weighted by atomic mass is 9.74. The number of anilines is 1. The molecule has 0 saturated heterocycles. The van der Waals surface area contributed by atoms with E-state index in [0.717, 1.165) is 53.8 Å². The zero-order chi connectivity index (χ0) is 47.1. The summed E-state index contributed by atoms with van der Waals surface area (Å²) < 4.78 is 2.17. The van der Waals surface area contributed by atoms with E-state index in [1.807, 2.05) is 48.5 Å². The van der Waals surface area contributed by atoms with Gasteiger partial charge in [0.2, 0.25) is 0 Å². The van der Waals surface area contributed by atoms with Gasteiger partial charge in [-0.2, -0.15) is 0 Å². The number of aryl methyl sites for hydroxylation is 2. The van der Waals surface area contributed by atoms with Gasteiger partial charge in [-0.05, 0) is 87.5 Å². The summed E-state index contributed by atoms with van der Waals surface area (Å²) in [6, 6.07) is 19.7. The summed E-state index contributed by atoms with van der Waals surface area (Å²) in [4.78, 5) is 42.0. The van der Waals surface area contributed by atoms with Gasteiger partial charge in [0.15, 0.2) is 17.3 Å². The van der Waals surface area contributed by atoms with Crippen molar-refractivity contribution in [2.45, 2.75) is 210 Å². The van der Waals surface area contributed by atoms with Crippen molar-refractivity contribution in [3.8, 4) is 0 Å². The number of carbonyl (C=O) groups is 3. The quantitative estimate of drug-likeness (QED) is 0.165. The molecule has 3 N–H and O–H groups in total. The molecule has 2 saturated carbocycles. The summed E-state index contributed by atoms with van der Waals surface area (Å²) in [6.07, 6.45) is 14.8. The number of aromatic nitrogens is 1. The largest absolute Gasteiger partial charge is 0.389 e. The van der Waals surface area contributed by atoms with Crippen LogP contribution in [0.25, 0.3) is 0 Å². The maximum Gasteiger partial charge on any atom is 0.190 e. The van der Waals surface area contributed by atoms with E-state index >= 15 is 0 Å². The second kappa shape index (κ2) is 24.9. The lowest BCUT2D eigenvalue weighted by molar-refractivity contribution is -0.124. The average Bonchev–Trinajstić information content (AvgIpc) is 4.02. The van der Waals surface area contributed by atoms with Crippen molar-refractivity contribution in [3.05, 3.63) is 99.5 Å². The minimum absolute atomic E-state index is 0.00842. The number of rotatable bonds is 11. The van der Waals surface area contributed by atoms with Gasteiger partial charge in [0, 0.05) is 43.6 Å². The number of nitrogens with one attached hydrogen (secondary N) is 2. The van der Waals surface area contributed by atoms with Gasteiger partial charge in [-0.25, -0.2) is 0 Å². The summed E-state index contributed by atoms with van der Waals surface area (Å²) in [5.74, 6) is 1.65. The lowest BCUT2D eigenvalue weighted by Crippen LogP contribution is -2.40. The van der Waals surface area contributed by atoms with Crippen LogP contribution in [0.3, 0.4) is 0 Å². The van der Waals surface area contributed by atoms with Crippen LogP contribution < -0.4 is 10.6 Å². The molecule has 354 valence electrons. The van der Waals surface area contributed by atoms with E-state index in [1.54, 1.807) is 6.92 Å². The maximum atomic E-state index is 13.5. The maximum absolute atomic E-state index is 13.5. The highest BCUT2D eigenvalue weighted by atomic mass is 16.3. The fourth-order valence-corrected chi connectivity index (χ4v) is 10.4. The number of hydrogen-bond acceptors (Lipinski definition) is 7. The Morgan fingerprint density at radius 1 is 0.766 bits per heavy atom. The molecule has 4 unspecified atom stereocenters. The lowest BCUT2D eigenvalue weighted by Gasteiger charge is -2.33. The van der Waals surface area contributed by atoms with E-state index < -0.39 is 11.5 Å². The molecule has 0 spiro atoms. The normalized spacial score (nSPS) is 23.1. The molecule has 1 aliphatic heterocycles. The second-order valence-electron chi connectivity index (χ2n) is 19.1. The standard InChI is InChI=1S/C27H36N2O2.C23H32N2O2.3C2H6/c1-5-21-26(30)23(14-17(2)3)22-15-24(28-20-8-6-7-9-20)29(25(22)27(21)31)16-19-12-10-18(4)11-13-19;1-16-8-10-18(11-9-16)15-25-21(12-17-6-4-3-5-7-17)24-19-13-23(2,27)14-20(26)22(19)25;3*1-2/h10-13,15,17,20-21,23,28H,5-9,14,16H2,1-4H3;8-11,17,21,24,27H,3-7,12-15H2,1-2H3;3*1-2H3. The zero-order valence-electron chi connectivity index (χ0n) is 42.0. The number of fused-ring (bicyclic) bond motifs is 1. The Bertz CT molecular complexity index is 1960. The van der Waals surface area contributed by atoms with Crippen molar-refractivity contribution in [2.24, 2.45) is 17.8 Å². The fraction of sp³-hybridized carbons (Fsp3) is 0.625. The Morgan fingerprint density at radius 3 is 1.86 bits per heavy atom. The van der Waals surface area contributed by atoms with Gasteiger partial charge in [-0.3, -0.25) is 14.4 Å². The van der Waals surface area contributed by atoms with E-state index in [-0.39, 0.29) is 35.9 Å². The molecule has 4 atom stereocenters. The minimum Gasteiger partial charge on any atom is -0.389 e.